The van der Waals surface area contributed by atoms with Crippen LogP contribution >= 0.6 is 23.4 Å². The average molecular weight is 389 g/mol. The molecule has 0 saturated carbocycles. The van der Waals surface area contributed by atoms with E-state index in [0.29, 0.717) is 23.0 Å². The summed E-state index contributed by atoms with van der Waals surface area (Å²) in [5.41, 5.74) is 1.91. The number of carbonyl (C=O) groups excluding carboxylic acids is 1. The number of rotatable bonds is 6. The second-order valence-corrected chi connectivity index (χ2v) is 8.07. The number of carbonyl (C=O) groups is 1. The first-order valence-corrected chi connectivity index (χ1v) is 10.6. The molecule has 26 heavy (non-hydrogen) atoms. The smallest absolute Gasteiger partial charge is 0.252 e. The van der Waals surface area contributed by atoms with Crippen molar-refractivity contribution in [1.82, 2.24) is 10.2 Å². The Balaban J connectivity index is 1.53. The summed E-state index contributed by atoms with van der Waals surface area (Å²) in [6.45, 7) is 3.82. The third-order valence-corrected chi connectivity index (χ3v) is 5.88. The SMILES string of the molecule is CSc1ccc(Cl)c(C(=O)NC[C@H]2CCCN(Cc3ccccc3)C2)c1. The van der Waals surface area contributed by atoms with E-state index in [4.69, 9.17) is 11.6 Å². The molecule has 1 aliphatic rings. The monoisotopic (exact) mass is 388 g/mol. The number of hydrogen-bond acceptors (Lipinski definition) is 3. The molecule has 0 bridgehead atoms. The van der Waals surface area contributed by atoms with Crippen LogP contribution in [0.5, 0.6) is 0 Å². The van der Waals surface area contributed by atoms with E-state index in [1.165, 1.54) is 12.0 Å². The summed E-state index contributed by atoms with van der Waals surface area (Å²) in [6, 6.07) is 16.2. The van der Waals surface area contributed by atoms with Crippen molar-refractivity contribution in [2.24, 2.45) is 5.92 Å². The van der Waals surface area contributed by atoms with Gasteiger partial charge in [-0.3, -0.25) is 9.69 Å². The molecule has 1 saturated heterocycles. The zero-order chi connectivity index (χ0) is 18.4. The van der Waals surface area contributed by atoms with Crippen LogP contribution in [-0.4, -0.2) is 36.7 Å². The predicted molar refractivity (Wildman–Crippen MR) is 110 cm³/mol. The quantitative estimate of drug-likeness (QED) is 0.727. The van der Waals surface area contributed by atoms with Gasteiger partial charge in [-0.05, 0) is 55.3 Å². The summed E-state index contributed by atoms with van der Waals surface area (Å²) in [4.78, 5) is 16.1. The lowest BCUT2D eigenvalue weighted by molar-refractivity contribution is 0.0930. The molecule has 0 spiro atoms. The number of halogens is 1. The Morgan fingerprint density at radius 1 is 1.27 bits per heavy atom. The summed E-state index contributed by atoms with van der Waals surface area (Å²) in [7, 11) is 0. The predicted octanol–water partition coefficient (Wildman–Crippen LogP) is 4.70. The van der Waals surface area contributed by atoms with Crippen LogP contribution in [0.2, 0.25) is 5.02 Å². The Morgan fingerprint density at radius 2 is 2.08 bits per heavy atom. The Hall–Kier alpha value is -1.49. The van der Waals surface area contributed by atoms with Crippen LogP contribution in [0.3, 0.4) is 0 Å². The molecule has 1 heterocycles. The molecule has 1 fully saturated rings. The van der Waals surface area contributed by atoms with E-state index >= 15 is 0 Å². The van der Waals surface area contributed by atoms with Gasteiger partial charge in [0, 0.05) is 24.5 Å². The van der Waals surface area contributed by atoms with Gasteiger partial charge >= 0.3 is 0 Å². The molecule has 1 atom stereocenters. The summed E-state index contributed by atoms with van der Waals surface area (Å²) >= 11 is 7.82. The van der Waals surface area contributed by atoms with E-state index in [1.807, 2.05) is 18.4 Å². The highest BCUT2D eigenvalue weighted by Crippen LogP contribution is 2.23. The molecule has 1 N–H and O–H groups in total. The van der Waals surface area contributed by atoms with E-state index in [2.05, 4.69) is 40.5 Å². The highest BCUT2D eigenvalue weighted by molar-refractivity contribution is 7.98. The summed E-state index contributed by atoms with van der Waals surface area (Å²) in [6.07, 6.45) is 4.33. The van der Waals surface area contributed by atoms with Gasteiger partial charge in [-0.25, -0.2) is 0 Å². The van der Waals surface area contributed by atoms with Gasteiger partial charge in [-0.1, -0.05) is 41.9 Å². The molecule has 2 aromatic carbocycles. The van der Waals surface area contributed by atoms with E-state index in [0.717, 1.165) is 31.0 Å². The first kappa shape index (κ1) is 19.3. The van der Waals surface area contributed by atoms with Gasteiger partial charge < -0.3 is 5.32 Å². The van der Waals surface area contributed by atoms with Crippen LogP contribution in [0, 0.1) is 5.92 Å². The topological polar surface area (TPSA) is 32.3 Å². The third-order valence-electron chi connectivity index (χ3n) is 4.82. The van der Waals surface area contributed by atoms with Crippen molar-refractivity contribution in [3.63, 3.8) is 0 Å². The first-order chi connectivity index (χ1) is 12.7. The minimum absolute atomic E-state index is 0.0777. The lowest BCUT2D eigenvalue weighted by atomic mass is 9.97. The minimum atomic E-state index is -0.0777. The molecular formula is C21H25ClN2OS. The minimum Gasteiger partial charge on any atom is -0.352 e. The molecule has 138 valence electrons. The maximum Gasteiger partial charge on any atom is 0.252 e. The number of likely N-dealkylation sites (tertiary alicyclic amines) is 1. The van der Waals surface area contributed by atoms with Crippen molar-refractivity contribution in [1.29, 1.82) is 0 Å². The summed E-state index contributed by atoms with van der Waals surface area (Å²) in [5.74, 6) is 0.407. The number of thioether (sulfide) groups is 1. The number of hydrogen-bond donors (Lipinski definition) is 1. The molecule has 0 unspecified atom stereocenters. The van der Waals surface area contributed by atoms with Crippen molar-refractivity contribution < 1.29 is 4.79 Å². The fourth-order valence-corrected chi connectivity index (χ4v) is 4.08. The summed E-state index contributed by atoms with van der Waals surface area (Å²) < 4.78 is 0. The first-order valence-electron chi connectivity index (χ1n) is 9.03. The van der Waals surface area contributed by atoms with Crippen LogP contribution < -0.4 is 5.32 Å². The maximum absolute atomic E-state index is 12.5. The van der Waals surface area contributed by atoms with Crippen molar-refractivity contribution >= 4 is 29.3 Å². The number of piperidine rings is 1. The number of nitrogens with one attached hydrogen (secondary N) is 1. The lowest BCUT2D eigenvalue weighted by Crippen LogP contribution is -2.40. The van der Waals surface area contributed by atoms with E-state index in [-0.39, 0.29) is 5.91 Å². The molecule has 0 aliphatic carbocycles. The van der Waals surface area contributed by atoms with Gasteiger partial charge in [0.1, 0.15) is 0 Å². The fourth-order valence-electron chi connectivity index (χ4n) is 3.44. The zero-order valence-corrected chi connectivity index (χ0v) is 16.7. The van der Waals surface area contributed by atoms with Crippen LogP contribution in [0.1, 0.15) is 28.8 Å². The highest BCUT2D eigenvalue weighted by Gasteiger charge is 2.21. The largest absolute Gasteiger partial charge is 0.352 e. The van der Waals surface area contributed by atoms with Crippen LogP contribution in [0.4, 0.5) is 0 Å². The van der Waals surface area contributed by atoms with Gasteiger partial charge in [-0.2, -0.15) is 0 Å². The lowest BCUT2D eigenvalue weighted by Gasteiger charge is -2.32. The number of amides is 1. The second kappa shape index (κ2) is 9.45. The Morgan fingerprint density at radius 3 is 2.85 bits per heavy atom. The molecule has 1 aliphatic heterocycles. The molecular weight excluding hydrogens is 364 g/mol. The molecule has 0 radical (unpaired) electrons. The summed E-state index contributed by atoms with van der Waals surface area (Å²) in [5, 5.41) is 3.59. The third kappa shape index (κ3) is 5.26. The Bertz CT molecular complexity index is 738. The Kier molecular flexibility index (Phi) is 7.00. The molecule has 3 nitrogen and oxygen atoms in total. The Labute approximate surface area is 165 Å². The second-order valence-electron chi connectivity index (χ2n) is 6.78. The van der Waals surface area contributed by atoms with E-state index in [1.54, 1.807) is 17.8 Å². The average Bonchev–Trinajstić information content (AvgIpc) is 2.67. The fraction of sp³-hybridized carbons (Fsp3) is 0.381. The number of benzene rings is 2. The van der Waals surface area contributed by atoms with E-state index in [9.17, 15) is 4.79 Å². The molecule has 0 aromatic heterocycles. The van der Waals surface area contributed by atoms with Crippen LogP contribution in [0.25, 0.3) is 0 Å². The van der Waals surface area contributed by atoms with Crippen molar-refractivity contribution in [2.75, 3.05) is 25.9 Å². The van der Waals surface area contributed by atoms with Gasteiger partial charge in [0.2, 0.25) is 0 Å². The van der Waals surface area contributed by atoms with Crippen LogP contribution in [-0.2, 0) is 6.54 Å². The van der Waals surface area contributed by atoms with Gasteiger partial charge in [0.05, 0.1) is 10.6 Å². The molecule has 2 aromatic rings. The maximum atomic E-state index is 12.5. The molecule has 5 heteroatoms. The normalized spacial score (nSPS) is 17.8. The van der Waals surface area contributed by atoms with E-state index < -0.39 is 0 Å². The zero-order valence-electron chi connectivity index (χ0n) is 15.1. The molecule has 3 rings (SSSR count). The van der Waals surface area contributed by atoms with Gasteiger partial charge in [0.15, 0.2) is 0 Å². The number of nitrogens with zero attached hydrogens (tertiary/aromatic N) is 1. The highest BCUT2D eigenvalue weighted by atomic mass is 35.5. The molecule has 1 amide bonds. The van der Waals surface area contributed by atoms with Gasteiger partial charge in [-0.15, -0.1) is 11.8 Å². The van der Waals surface area contributed by atoms with Gasteiger partial charge in [0.25, 0.3) is 5.91 Å². The van der Waals surface area contributed by atoms with Crippen molar-refractivity contribution in [2.45, 2.75) is 24.3 Å². The van der Waals surface area contributed by atoms with Crippen molar-refractivity contribution in [3.05, 3.63) is 64.7 Å². The standard InChI is InChI=1S/C21H25ClN2OS/c1-26-18-9-10-20(22)19(12-18)21(25)23-13-17-8-5-11-24(15-17)14-16-6-3-2-4-7-16/h2-4,6-7,9-10,12,17H,5,8,11,13-15H2,1H3,(H,23,25)/t17-/m1/s1. The van der Waals surface area contributed by atoms with Crippen LogP contribution in [0.15, 0.2) is 53.4 Å². The van der Waals surface area contributed by atoms with Crippen molar-refractivity contribution in [3.8, 4) is 0 Å².